The number of nitrogens with zero attached hydrogens (tertiary/aromatic N) is 2. The van der Waals surface area contributed by atoms with Gasteiger partial charge in [0.2, 0.25) is 0 Å². The van der Waals surface area contributed by atoms with Crippen molar-refractivity contribution in [2.24, 2.45) is 0 Å². The fourth-order valence-corrected chi connectivity index (χ4v) is 3.47. The minimum Gasteiger partial charge on any atom is -0.496 e. The van der Waals surface area contributed by atoms with E-state index in [1.54, 1.807) is 11.6 Å². The van der Waals surface area contributed by atoms with E-state index in [2.05, 4.69) is 4.98 Å². The smallest absolute Gasteiger partial charge is 0.390 e. The van der Waals surface area contributed by atoms with Crippen LogP contribution in [0.15, 0.2) is 29.4 Å². The lowest BCUT2D eigenvalue weighted by Crippen LogP contribution is -2.31. The van der Waals surface area contributed by atoms with Crippen molar-refractivity contribution >= 4 is 27.5 Å². The third-order valence-electron chi connectivity index (χ3n) is 3.53. The fraction of sp³-hybridized carbons (Fsp3) is 0.333. The number of nitrogens with one attached hydrogen (secondary N) is 1. The van der Waals surface area contributed by atoms with Gasteiger partial charge in [-0.05, 0) is 30.7 Å². The first-order valence-corrected chi connectivity index (χ1v) is 9.30. The van der Waals surface area contributed by atoms with Crippen molar-refractivity contribution in [3.8, 4) is 5.75 Å². The van der Waals surface area contributed by atoms with E-state index in [9.17, 15) is 26.4 Å². The van der Waals surface area contributed by atoms with Crippen molar-refractivity contribution in [3.05, 3.63) is 40.9 Å². The van der Waals surface area contributed by atoms with Crippen molar-refractivity contribution in [3.63, 3.8) is 0 Å². The Balaban J connectivity index is 2.19. The Morgan fingerprint density at radius 2 is 2.04 bits per heavy atom. The average Bonchev–Trinajstić information content (AvgIpc) is 2.92. The summed E-state index contributed by atoms with van der Waals surface area (Å²) in [5.41, 5.74) is 0.0370. The normalized spacial score (nSPS) is 12.1. The minimum atomic E-state index is -4.41. The number of alkyl halides is 3. The van der Waals surface area contributed by atoms with Crippen LogP contribution in [0.2, 0.25) is 5.15 Å². The fourth-order valence-electron chi connectivity index (χ4n) is 2.17. The molecule has 0 saturated carbocycles. The molecular formula is C15H15ClF3N3O4S. The number of carbonyl (C=O) groups is 1. The number of benzene rings is 1. The summed E-state index contributed by atoms with van der Waals surface area (Å²) >= 11 is 5.85. The maximum Gasteiger partial charge on any atom is 0.390 e. The van der Waals surface area contributed by atoms with Crippen LogP contribution < -0.4 is 9.46 Å². The van der Waals surface area contributed by atoms with Gasteiger partial charge >= 0.3 is 6.18 Å². The largest absolute Gasteiger partial charge is 0.496 e. The molecule has 148 valence electrons. The van der Waals surface area contributed by atoms with Crippen LogP contribution >= 0.6 is 11.6 Å². The number of amides is 1. The third-order valence-corrected chi connectivity index (χ3v) is 5.25. The van der Waals surface area contributed by atoms with E-state index < -0.39 is 45.9 Å². The van der Waals surface area contributed by atoms with E-state index in [1.807, 2.05) is 0 Å². The molecule has 0 bridgehead atoms. The number of ether oxygens (including phenoxy) is 1. The molecule has 12 heteroatoms. The van der Waals surface area contributed by atoms with Gasteiger partial charge in [-0.1, -0.05) is 11.6 Å². The maximum absolute atomic E-state index is 12.3. The molecule has 7 nitrogen and oxygen atoms in total. The zero-order chi connectivity index (χ0) is 20.4. The van der Waals surface area contributed by atoms with Gasteiger partial charge in [-0.25, -0.2) is 18.1 Å². The lowest BCUT2D eigenvalue weighted by Gasteiger charge is -2.10. The molecule has 0 atom stereocenters. The molecule has 0 radical (unpaired) electrons. The number of hydrogen-bond donors (Lipinski definition) is 1. The summed E-state index contributed by atoms with van der Waals surface area (Å²) in [5, 5.41) is -0.391. The highest BCUT2D eigenvalue weighted by Crippen LogP contribution is 2.24. The van der Waals surface area contributed by atoms with Gasteiger partial charge in [-0.2, -0.15) is 13.2 Å². The van der Waals surface area contributed by atoms with Crippen molar-refractivity contribution in [2.75, 3.05) is 7.11 Å². The standard InChI is InChI=1S/C15H15ClF3N3O4S/c1-9-7-10(3-4-11(9)26-2)27(24,25)21-14(23)12-13(16)22(8-20-12)6-5-15(17,18)19/h3-4,7-8H,5-6H2,1-2H3,(H,21,23). The Hall–Kier alpha value is -2.27. The summed E-state index contributed by atoms with van der Waals surface area (Å²) in [6.45, 7) is 1.08. The van der Waals surface area contributed by atoms with Crippen molar-refractivity contribution in [1.82, 2.24) is 14.3 Å². The predicted molar refractivity (Wildman–Crippen MR) is 90.3 cm³/mol. The van der Waals surface area contributed by atoms with Crippen LogP contribution in [-0.2, 0) is 16.6 Å². The van der Waals surface area contributed by atoms with E-state index >= 15 is 0 Å². The maximum atomic E-state index is 12.3. The molecule has 1 aromatic heterocycles. The number of imidazole rings is 1. The highest BCUT2D eigenvalue weighted by Gasteiger charge is 2.28. The summed E-state index contributed by atoms with van der Waals surface area (Å²) in [5.74, 6) is -0.689. The summed E-state index contributed by atoms with van der Waals surface area (Å²) in [7, 11) is -2.82. The van der Waals surface area contributed by atoms with Gasteiger partial charge in [-0.15, -0.1) is 0 Å². The van der Waals surface area contributed by atoms with Crippen molar-refractivity contribution < 1.29 is 31.1 Å². The number of halogens is 4. The quantitative estimate of drug-likeness (QED) is 0.768. The summed E-state index contributed by atoms with van der Waals surface area (Å²) < 4.78 is 69.3. The average molecular weight is 426 g/mol. The first kappa shape index (κ1) is 21.0. The Bertz CT molecular complexity index is 958. The van der Waals surface area contributed by atoms with E-state index in [0.29, 0.717) is 11.3 Å². The molecular weight excluding hydrogens is 411 g/mol. The molecule has 0 unspecified atom stereocenters. The molecule has 1 aromatic carbocycles. The molecule has 0 aliphatic heterocycles. The molecule has 1 heterocycles. The molecule has 0 spiro atoms. The molecule has 1 N–H and O–H groups in total. The highest BCUT2D eigenvalue weighted by molar-refractivity contribution is 7.90. The van der Waals surface area contributed by atoms with E-state index in [0.717, 1.165) is 10.9 Å². The van der Waals surface area contributed by atoms with E-state index in [4.69, 9.17) is 16.3 Å². The lowest BCUT2D eigenvalue weighted by molar-refractivity contribution is -0.136. The van der Waals surface area contributed by atoms with Crippen LogP contribution in [0.3, 0.4) is 0 Å². The van der Waals surface area contributed by atoms with Crippen LogP contribution in [0.5, 0.6) is 5.75 Å². The monoisotopic (exact) mass is 425 g/mol. The van der Waals surface area contributed by atoms with Gasteiger partial charge in [-0.3, -0.25) is 4.79 Å². The molecule has 1 amide bonds. The van der Waals surface area contributed by atoms with Crippen LogP contribution in [0.1, 0.15) is 22.5 Å². The molecule has 27 heavy (non-hydrogen) atoms. The van der Waals surface area contributed by atoms with Crippen LogP contribution in [-0.4, -0.2) is 37.2 Å². The minimum absolute atomic E-state index is 0.193. The first-order chi connectivity index (χ1) is 12.4. The predicted octanol–water partition coefficient (Wildman–Crippen LogP) is 2.92. The second-order valence-electron chi connectivity index (χ2n) is 5.51. The third kappa shape index (κ3) is 5.13. The highest BCUT2D eigenvalue weighted by atomic mass is 35.5. The summed E-state index contributed by atoms with van der Waals surface area (Å²) in [6.07, 6.45) is -4.65. The van der Waals surface area contributed by atoms with Gasteiger partial charge in [0.1, 0.15) is 10.9 Å². The molecule has 0 aliphatic carbocycles. The Morgan fingerprint density at radius 3 is 2.59 bits per heavy atom. The molecule has 0 saturated heterocycles. The molecule has 2 rings (SSSR count). The number of rotatable bonds is 6. The molecule has 2 aromatic rings. The van der Waals surface area contributed by atoms with Gasteiger partial charge < -0.3 is 9.30 Å². The van der Waals surface area contributed by atoms with Crippen LogP contribution in [0.4, 0.5) is 13.2 Å². The Kier molecular flexibility index (Phi) is 6.05. The number of methoxy groups -OCH3 is 1. The topological polar surface area (TPSA) is 90.3 Å². The van der Waals surface area contributed by atoms with Gasteiger partial charge in [0.25, 0.3) is 15.9 Å². The van der Waals surface area contributed by atoms with E-state index in [-0.39, 0.29) is 4.90 Å². The first-order valence-electron chi connectivity index (χ1n) is 7.44. The molecule has 0 fully saturated rings. The zero-order valence-electron chi connectivity index (χ0n) is 14.2. The second kappa shape index (κ2) is 7.77. The number of sulfonamides is 1. The Labute approximate surface area is 158 Å². The van der Waals surface area contributed by atoms with Crippen molar-refractivity contribution in [2.45, 2.75) is 31.0 Å². The zero-order valence-corrected chi connectivity index (χ0v) is 15.7. The number of hydrogen-bond acceptors (Lipinski definition) is 5. The second-order valence-corrected chi connectivity index (χ2v) is 7.55. The number of aryl methyl sites for hydroxylation is 2. The van der Waals surface area contributed by atoms with Gasteiger partial charge in [0, 0.05) is 6.54 Å². The lowest BCUT2D eigenvalue weighted by atomic mass is 10.2. The van der Waals surface area contributed by atoms with Crippen LogP contribution in [0.25, 0.3) is 0 Å². The van der Waals surface area contributed by atoms with Crippen LogP contribution in [0, 0.1) is 6.92 Å². The van der Waals surface area contributed by atoms with Gasteiger partial charge in [0.05, 0.1) is 24.8 Å². The number of carbonyl (C=O) groups excluding carboxylic acids is 1. The van der Waals surface area contributed by atoms with Gasteiger partial charge in [0.15, 0.2) is 5.69 Å². The van der Waals surface area contributed by atoms with Crippen molar-refractivity contribution in [1.29, 1.82) is 0 Å². The van der Waals surface area contributed by atoms with E-state index in [1.165, 1.54) is 25.3 Å². The molecule has 0 aliphatic rings. The SMILES string of the molecule is COc1ccc(S(=O)(=O)NC(=O)c2ncn(CCC(F)(F)F)c2Cl)cc1C. The summed E-state index contributed by atoms with van der Waals surface area (Å²) in [6, 6.07) is 3.97. The number of aromatic nitrogens is 2. The summed E-state index contributed by atoms with van der Waals surface area (Å²) in [4.78, 5) is 15.6. The Morgan fingerprint density at radius 1 is 1.37 bits per heavy atom.